The van der Waals surface area contributed by atoms with Gasteiger partial charge in [0.25, 0.3) is 0 Å². The highest BCUT2D eigenvalue weighted by atomic mass is 16.5. The molecule has 0 aliphatic carbocycles. The highest BCUT2D eigenvalue weighted by Crippen LogP contribution is 2.16. The van der Waals surface area contributed by atoms with Crippen LogP contribution in [0.25, 0.3) is 0 Å². The van der Waals surface area contributed by atoms with Crippen LogP contribution in [0.3, 0.4) is 0 Å². The lowest BCUT2D eigenvalue weighted by molar-refractivity contribution is -0.190. The molecule has 4 heteroatoms. The minimum absolute atomic E-state index is 0.233. The molecule has 1 aliphatic rings. The number of rotatable bonds is 1. The summed E-state index contributed by atoms with van der Waals surface area (Å²) >= 11 is 0. The Balaban J connectivity index is 2.55. The van der Waals surface area contributed by atoms with Gasteiger partial charge in [0.05, 0.1) is 12.7 Å². The van der Waals surface area contributed by atoms with E-state index in [-0.39, 0.29) is 12.7 Å². The van der Waals surface area contributed by atoms with Gasteiger partial charge in [-0.15, -0.1) is 0 Å². The van der Waals surface area contributed by atoms with E-state index in [0.717, 1.165) is 0 Å². The van der Waals surface area contributed by atoms with Crippen LogP contribution in [-0.4, -0.2) is 48.3 Å². The normalized spacial score (nSPS) is 45.8. The van der Waals surface area contributed by atoms with E-state index in [9.17, 15) is 10.2 Å². The highest BCUT2D eigenvalue weighted by Gasteiger charge is 2.36. The summed E-state index contributed by atoms with van der Waals surface area (Å²) in [5.74, 6) is 0. The Morgan fingerprint density at radius 3 is 2.55 bits per heavy atom. The number of aliphatic hydroxyl groups excluding tert-OH is 2. The summed E-state index contributed by atoms with van der Waals surface area (Å²) in [7, 11) is 1.47. The van der Waals surface area contributed by atoms with Crippen molar-refractivity contribution >= 4 is 0 Å². The van der Waals surface area contributed by atoms with Crippen molar-refractivity contribution < 1.29 is 19.7 Å². The minimum Gasteiger partial charge on any atom is -0.388 e. The molecule has 1 unspecified atom stereocenters. The zero-order valence-electron chi connectivity index (χ0n) is 6.73. The molecule has 0 aromatic heterocycles. The molecule has 1 rings (SSSR count). The second-order valence-electron chi connectivity index (χ2n) is 2.80. The van der Waals surface area contributed by atoms with Crippen molar-refractivity contribution in [2.24, 2.45) is 0 Å². The van der Waals surface area contributed by atoms with Gasteiger partial charge in [-0.2, -0.15) is 0 Å². The summed E-state index contributed by atoms with van der Waals surface area (Å²) < 4.78 is 9.96. The molecule has 1 heterocycles. The fraction of sp³-hybridized carbons (Fsp3) is 1.00. The first-order valence-corrected chi connectivity index (χ1v) is 3.67. The summed E-state index contributed by atoms with van der Waals surface area (Å²) in [6, 6.07) is 0. The SMILES string of the molecule is CO[C@@H]1C(O)[C@@H](C)OC[C@@H]1O. The third kappa shape index (κ3) is 1.70. The van der Waals surface area contributed by atoms with Crippen LogP contribution in [0.15, 0.2) is 0 Å². The average Bonchev–Trinajstić information content (AvgIpc) is 1.99. The molecule has 0 spiro atoms. The van der Waals surface area contributed by atoms with Crippen molar-refractivity contribution in [1.82, 2.24) is 0 Å². The number of hydrogen-bond donors (Lipinski definition) is 2. The Labute approximate surface area is 65.7 Å². The first kappa shape index (κ1) is 8.93. The van der Waals surface area contributed by atoms with Gasteiger partial charge in [-0.25, -0.2) is 0 Å². The van der Waals surface area contributed by atoms with E-state index < -0.39 is 18.3 Å². The largest absolute Gasteiger partial charge is 0.388 e. The molecule has 0 saturated carbocycles. The van der Waals surface area contributed by atoms with E-state index in [2.05, 4.69) is 0 Å². The summed E-state index contributed by atoms with van der Waals surface area (Å²) in [6.45, 7) is 1.99. The Bertz CT molecular complexity index is 128. The Morgan fingerprint density at radius 1 is 1.45 bits per heavy atom. The summed E-state index contributed by atoms with van der Waals surface area (Å²) in [6.07, 6.45) is -2.22. The van der Waals surface area contributed by atoms with Crippen LogP contribution < -0.4 is 0 Å². The fourth-order valence-corrected chi connectivity index (χ4v) is 1.24. The molecule has 0 aromatic carbocycles. The van der Waals surface area contributed by atoms with Crippen molar-refractivity contribution in [2.45, 2.75) is 31.3 Å². The first-order valence-electron chi connectivity index (χ1n) is 3.67. The third-order valence-electron chi connectivity index (χ3n) is 2.00. The quantitative estimate of drug-likeness (QED) is 0.527. The predicted molar refractivity (Wildman–Crippen MR) is 38.2 cm³/mol. The molecule has 1 aliphatic heterocycles. The second-order valence-corrected chi connectivity index (χ2v) is 2.80. The fourth-order valence-electron chi connectivity index (χ4n) is 1.24. The zero-order valence-corrected chi connectivity index (χ0v) is 6.73. The van der Waals surface area contributed by atoms with Crippen molar-refractivity contribution in [3.63, 3.8) is 0 Å². The number of hydrogen-bond acceptors (Lipinski definition) is 4. The topological polar surface area (TPSA) is 58.9 Å². The maximum Gasteiger partial charge on any atom is 0.114 e. The molecule has 4 nitrogen and oxygen atoms in total. The standard InChI is InChI=1S/C7H14O4/c1-4-6(9)7(10-2)5(8)3-11-4/h4-9H,3H2,1-2H3/t4-,5+,6?,7+/m1/s1. The molecule has 66 valence electrons. The van der Waals surface area contributed by atoms with Crippen LogP contribution >= 0.6 is 0 Å². The zero-order chi connectivity index (χ0) is 8.43. The molecule has 2 N–H and O–H groups in total. The maximum atomic E-state index is 9.40. The van der Waals surface area contributed by atoms with E-state index in [1.807, 2.05) is 0 Å². The summed E-state index contributed by atoms with van der Waals surface area (Å²) in [5.41, 5.74) is 0. The maximum absolute atomic E-state index is 9.40. The molecule has 0 radical (unpaired) electrons. The van der Waals surface area contributed by atoms with Gasteiger partial charge in [0, 0.05) is 7.11 Å². The molecule has 0 aromatic rings. The Kier molecular flexibility index (Phi) is 2.84. The minimum atomic E-state index is -0.733. The molecule has 1 saturated heterocycles. The predicted octanol–water partition coefficient (Wildman–Crippen LogP) is -0.858. The third-order valence-corrected chi connectivity index (χ3v) is 2.00. The van der Waals surface area contributed by atoms with Crippen molar-refractivity contribution in [2.75, 3.05) is 13.7 Å². The number of ether oxygens (including phenoxy) is 2. The second kappa shape index (κ2) is 3.49. The molecule has 0 bridgehead atoms. The van der Waals surface area contributed by atoms with Gasteiger partial charge in [0.1, 0.15) is 18.3 Å². The molecule has 4 atom stereocenters. The van der Waals surface area contributed by atoms with Crippen LogP contribution in [0, 0.1) is 0 Å². The van der Waals surface area contributed by atoms with E-state index >= 15 is 0 Å². The summed E-state index contributed by atoms with van der Waals surface area (Å²) in [4.78, 5) is 0. The van der Waals surface area contributed by atoms with Crippen LogP contribution in [0.4, 0.5) is 0 Å². The van der Waals surface area contributed by atoms with Gasteiger partial charge < -0.3 is 19.7 Å². The monoisotopic (exact) mass is 162 g/mol. The summed E-state index contributed by atoms with van der Waals surface area (Å²) in [5, 5.41) is 18.6. The van der Waals surface area contributed by atoms with Gasteiger partial charge >= 0.3 is 0 Å². The number of methoxy groups -OCH3 is 1. The first-order chi connectivity index (χ1) is 5.16. The average molecular weight is 162 g/mol. The van der Waals surface area contributed by atoms with Crippen molar-refractivity contribution in [1.29, 1.82) is 0 Å². The molecular formula is C7H14O4. The van der Waals surface area contributed by atoms with Gasteiger partial charge in [0.15, 0.2) is 0 Å². The lowest BCUT2D eigenvalue weighted by atomic mass is 10.0. The van der Waals surface area contributed by atoms with E-state index in [1.165, 1.54) is 7.11 Å². The highest BCUT2D eigenvalue weighted by molar-refractivity contribution is 4.85. The van der Waals surface area contributed by atoms with Crippen LogP contribution in [0.5, 0.6) is 0 Å². The van der Waals surface area contributed by atoms with Crippen molar-refractivity contribution in [3.8, 4) is 0 Å². The smallest absolute Gasteiger partial charge is 0.114 e. The van der Waals surface area contributed by atoms with E-state index in [4.69, 9.17) is 9.47 Å². The van der Waals surface area contributed by atoms with E-state index in [0.29, 0.717) is 0 Å². The van der Waals surface area contributed by atoms with E-state index in [1.54, 1.807) is 6.92 Å². The molecule has 1 fully saturated rings. The van der Waals surface area contributed by atoms with Crippen LogP contribution in [0.1, 0.15) is 6.92 Å². The van der Waals surface area contributed by atoms with Gasteiger partial charge in [-0.05, 0) is 6.92 Å². The molecule has 0 amide bonds. The molecular weight excluding hydrogens is 148 g/mol. The van der Waals surface area contributed by atoms with Gasteiger partial charge in [-0.3, -0.25) is 0 Å². The lowest BCUT2D eigenvalue weighted by Crippen LogP contribution is -2.52. The van der Waals surface area contributed by atoms with Crippen molar-refractivity contribution in [3.05, 3.63) is 0 Å². The Morgan fingerprint density at radius 2 is 2.09 bits per heavy atom. The van der Waals surface area contributed by atoms with Crippen LogP contribution in [0.2, 0.25) is 0 Å². The van der Waals surface area contributed by atoms with Crippen LogP contribution in [-0.2, 0) is 9.47 Å². The number of aliphatic hydroxyl groups is 2. The van der Waals surface area contributed by atoms with Gasteiger partial charge in [0.2, 0.25) is 0 Å². The molecule has 11 heavy (non-hydrogen) atoms. The Hall–Kier alpha value is -0.160. The lowest BCUT2D eigenvalue weighted by Gasteiger charge is -2.35. The van der Waals surface area contributed by atoms with Gasteiger partial charge in [-0.1, -0.05) is 0 Å².